The molecule has 1 amide bonds. The van der Waals surface area contributed by atoms with E-state index in [2.05, 4.69) is 49.1 Å². The highest BCUT2D eigenvalue weighted by Gasteiger charge is 2.44. The number of amides is 1. The Hall–Kier alpha value is -2.44. The van der Waals surface area contributed by atoms with Crippen LogP contribution in [0, 0.1) is 0 Å². The highest BCUT2D eigenvalue weighted by Crippen LogP contribution is 2.35. The smallest absolute Gasteiger partial charge is 0.271 e. The van der Waals surface area contributed by atoms with Crippen LogP contribution in [0.15, 0.2) is 60.2 Å². The Balaban J connectivity index is 1.44. The molecular weight excluding hydrogens is 344 g/mol. The van der Waals surface area contributed by atoms with Crippen molar-refractivity contribution in [2.24, 2.45) is 0 Å². The summed E-state index contributed by atoms with van der Waals surface area (Å²) in [6.45, 7) is 3.35. The zero-order valence-corrected chi connectivity index (χ0v) is 15.2. The van der Waals surface area contributed by atoms with Crippen molar-refractivity contribution in [3.8, 4) is 0 Å². The molecule has 1 saturated heterocycles. The highest BCUT2D eigenvalue weighted by molar-refractivity contribution is 7.09. The molecule has 5 nitrogen and oxygen atoms in total. The fourth-order valence-electron chi connectivity index (χ4n) is 4.20. The molecule has 0 aromatic carbocycles. The van der Waals surface area contributed by atoms with Crippen LogP contribution in [0.5, 0.6) is 0 Å². The lowest BCUT2D eigenvalue weighted by Gasteiger charge is -2.38. The van der Waals surface area contributed by atoms with Crippen molar-refractivity contribution < 1.29 is 4.79 Å². The SMILES string of the molecule is O=C1c2cccn2[C@@H]2CN(Cc3ccccn3)C[C@@H]2N1Cc1cccs1. The van der Waals surface area contributed by atoms with Crippen LogP contribution >= 0.6 is 11.3 Å². The van der Waals surface area contributed by atoms with Crippen molar-refractivity contribution in [1.82, 2.24) is 19.4 Å². The molecule has 0 N–H and O–H groups in total. The molecule has 5 heterocycles. The number of fused-ring (bicyclic) bond motifs is 3. The number of nitrogens with zero attached hydrogens (tertiary/aromatic N) is 4. The minimum atomic E-state index is 0.143. The van der Waals surface area contributed by atoms with Gasteiger partial charge in [-0.2, -0.15) is 0 Å². The lowest BCUT2D eigenvalue weighted by atomic mass is 10.1. The van der Waals surface area contributed by atoms with Gasteiger partial charge in [0.1, 0.15) is 5.69 Å². The average molecular weight is 364 g/mol. The van der Waals surface area contributed by atoms with Crippen LogP contribution in [-0.2, 0) is 13.1 Å². The molecule has 3 aromatic heterocycles. The van der Waals surface area contributed by atoms with Crippen molar-refractivity contribution in [3.05, 3.63) is 76.5 Å². The number of thiophene rings is 1. The standard InChI is InChI=1S/C20H20N4OS/c25-20-17-7-3-9-23(17)18-13-22(11-15-5-1-2-8-21-15)14-19(18)24(20)12-16-6-4-10-26-16/h1-10,18-19H,11-14H2/t18-,19+/m1/s1. The van der Waals surface area contributed by atoms with Crippen LogP contribution in [0.3, 0.4) is 0 Å². The third-order valence-electron chi connectivity index (χ3n) is 5.37. The number of carbonyl (C=O) groups is 1. The number of rotatable bonds is 4. The third kappa shape index (κ3) is 2.66. The largest absolute Gasteiger partial charge is 0.337 e. The number of hydrogen-bond donors (Lipinski definition) is 0. The maximum absolute atomic E-state index is 13.1. The van der Waals surface area contributed by atoms with E-state index >= 15 is 0 Å². The van der Waals surface area contributed by atoms with Gasteiger partial charge in [-0.1, -0.05) is 12.1 Å². The van der Waals surface area contributed by atoms with E-state index < -0.39 is 0 Å². The second kappa shape index (κ2) is 6.37. The molecule has 2 atom stereocenters. The van der Waals surface area contributed by atoms with Gasteiger partial charge in [-0.3, -0.25) is 14.7 Å². The van der Waals surface area contributed by atoms with Crippen LogP contribution in [-0.4, -0.2) is 44.4 Å². The molecule has 132 valence electrons. The van der Waals surface area contributed by atoms with E-state index in [1.807, 2.05) is 30.5 Å². The first-order valence-electron chi connectivity index (χ1n) is 8.92. The van der Waals surface area contributed by atoms with Gasteiger partial charge in [0.05, 0.1) is 24.3 Å². The molecule has 3 aromatic rings. The summed E-state index contributed by atoms with van der Waals surface area (Å²) in [5.41, 5.74) is 1.89. The molecule has 5 rings (SSSR count). The van der Waals surface area contributed by atoms with E-state index in [1.165, 1.54) is 4.88 Å². The van der Waals surface area contributed by atoms with Crippen LogP contribution in [0.4, 0.5) is 0 Å². The van der Waals surface area contributed by atoms with Gasteiger partial charge in [0.25, 0.3) is 5.91 Å². The summed E-state index contributed by atoms with van der Waals surface area (Å²) in [7, 11) is 0. The molecule has 0 radical (unpaired) electrons. The molecule has 0 bridgehead atoms. The first-order chi connectivity index (χ1) is 12.8. The summed E-state index contributed by atoms with van der Waals surface area (Å²) in [4.78, 5) is 23.3. The van der Waals surface area contributed by atoms with E-state index in [4.69, 9.17) is 0 Å². The average Bonchev–Trinajstić information content (AvgIpc) is 3.39. The van der Waals surface area contributed by atoms with E-state index in [0.717, 1.165) is 31.0 Å². The molecule has 2 aliphatic rings. The zero-order chi connectivity index (χ0) is 17.5. The number of pyridine rings is 1. The van der Waals surface area contributed by atoms with E-state index in [0.29, 0.717) is 12.6 Å². The molecule has 0 spiro atoms. The number of carbonyl (C=O) groups excluding carboxylic acids is 1. The summed E-state index contributed by atoms with van der Waals surface area (Å²) in [6, 6.07) is 14.6. The first-order valence-corrected chi connectivity index (χ1v) is 9.80. The van der Waals surface area contributed by atoms with Crippen molar-refractivity contribution in [1.29, 1.82) is 0 Å². The molecule has 2 aliphatic heterocycles. The highest BCUT2D eigenvalue weighted by atomic mass is 32.1. The van der Waals surface area contributed by atoms with Gasteiger partial charge in [0.15, 0.2) is 0 Å². The molecule has 26 heavy (non-hydrogen) atoms. The van der Waals surface area contributed by atoms with Crippen molar-refractivity contribution >= 4 is 17.2 Å². The number of likely N-dealkylation sites (tertiary alicyclic amines) is 1. The van der Waals surface area contributed by atoms with Gasteiger partial charge in [0, 0.05) is 36.9 Å². The Bertz CT molecular complexity index is 905. The molecule has 0 aliphatic carbocycles. The zero-order valence-electron chi connectivity index (χ0n) is 14.4. The second-order valence-electron chi connectivity index (χ2n) is 6.96. The maximum Gasteiger partial charge on any atom is 0.271 e. The lowest BCUT2D eigenvalue weighted by molar-refractivity contribution is 0.0559. The lowest BCUT2D eigenvalue weighted by Crippen LogP contribution is -2.49. The van der Waals surface area contributed by atoms with Crippen LogP contribution in [0.25, 0.3) is 0 Å². The van der Waals surface area contributed by atoms with E-state index in [1.54, 1.807) is 11.3 Å². The number of aromatic nitrogens is 2. The normalized spacial score (nSPS) is 22.5. The fourth-order valence-corrected chi connectivity index (χ4v) is 4.90. The van der Waals surface area contributed by atoms with E-state index in [9.17, 15) is 4.79 Å². The van der Waals surface area contributed by atoms with Gasteiger partial charge >= 0.3 is 0 Å². The quantitative estimate of drug-likeness (QED) is 0.715. The topological polar surface area (TPSA) is 41.4 Å². The van der Waals surface area contributed by atoms with Crippen LogP contribution in [0.1, 0.15) is 27.1 Å². The molecule has 6 heteroatoms. The Morgan fingerprint density at radius 1 is 1.04 bits per heavy atom. The van der Waals surface area contributed by atoms with Gasteiger partial charge < -0.3 is 9.47 Å². The van der Waals surface area contributed by atoms with Gasteiger partial charge in [0.2, 0.25) is 0 Å². The Kier molecular flexibility index (Phi) is 3.87. The van der Waals surface area contributed by atoms with Crippen LogP contribution in [0.2, 0.25) is 0 Å². The Morgan fingerprint density at radius 2 is 1.96 bits per heavy atom. The van der Waals surface area contributed by atoms with Crippen molar-refractivity contribution in [2.75, 3.05) is 13.1 Å². The predicted molar refractivity (Wildman–Crippen MR) is 101 cm³/mol. The summed E-state index contributed by atoms with van der Waals surface area (Å²) in [5.74, 6) is 0.143. The Labute approximate surface area is 156 Å². The van der Waals surface area contributed by atoms with Crippen molar-refractivity contribution in [2.45, 2.75) is 25.2 Å². The first kappa shape index (κ1) is 15.8. The van der Waals surface area contributed by atoms with Crippen molar-refractivity contribution in [3.63, 3.8) is 0 Å². The van der Waals surface area contributed by atoms with Crippen LogP contribution < -0.4 is 0 Å². The maximum atomic E-state index is 13.1. The minimum absolute atomic E-state index is 0.143. The molecule has 0 unspecified atom stereocenters. The fraction of sp³-hybridized carbons (Fsp3) is 0.300. The molecular formula is C20H20N4OS. The summed E-state index contributed by atoms with van der Waals surface area (Å²) in [6.07, 6.45) is 3.90. The number of hydrogen-bond acceptors (Lipinski definition) is 4. The third-order valence-corrected chi connectivity index (χ3v) is 6.23. The molecule has 1 fully saturated rings. The monoisotopic (exact) mass is 364 g/mol. The van der Waals surface area contributed by atoms with Gasteiger partial charge in [-0.25, -0.2) is 0 Å². The van der Waals surface area contributed by atoms with Gasteiger partial charge in [-0.05, 0) is 35.7 Å². The molecule has 0 saturated carbocycles. The van der Waals surface area contributed by atoms with E-state index in [-0.39, 0.29) is 11.9 Å². The summed E-state index contributed by atoms with van der Waals surface area (Å²) >= 11 is 1.72. The van der Waals surface area contributed by atoms with Gasteiger partial charge in [-0.15, -0.1) is 11.3 Å². The summed E-state index contributed by atoms with van der Waals surface area (Å²) < 4.78 is 2.18. The summed E-state index contributed by atoms with van der Waals surface area (Å²) in [5, 5.41) is 2.08. The minimum Gasteiger partial charge on any atom is -0.337 e. The Morgan fingerprint density at radius 3 is 2.77 bits per heavy atom. The predicted octanol–water partition coefficient (Wildman–Crippen LogP) is 3.03. The second-order valence-corrected chi connectivity index (χ2v) is 8.00.